The van der Waals surface area contributed by atoms with Crippen molar-refractivity contribution in [1.29, 1.82) is 0 Å². The Bertz CT molecular complexity index is 1080. The van der Waals surface area contributed by atoms with E-state index in [9.17, 15) is 19.5 Å². The molecule has 2 N–H and O–H groups in total. The zero-order chi connectivity index (χ0) is 23.9. The number of fused-ring (bicyclic) bond motifs is 3. The van der Waals surface area contributed by atoms with Crippen LogP contribution < -0.4 is 5.32 Å². The number of carbonyl (C=O) groups excluding carboxylic acids is 2. The summed E-state index contributed by atoms with van der Waals surface area (Å²) in [7, 11) is 0. The maximum Gasteiger partial charge on any atom is 0.407 e. The predicted molar refractivity (Wildman–Crippen MR) is 126 cm³/mol. The van der Waals surface area contributed by atoms with Crippen LogP contribution in [0.25, 0.3) is 11.1 Å². The molecule has 3 aliphatic rings. The molecule has 1 aliphatic heterocycles. The summed E-state index contributed by atoms with van der Waals surface area (Å²) in [6, 6.07) is 16.1. The van der Waals surface area contributed by atoms with Gasteiger partial charge in [-0.25, -0.2) is 4.79 Å². The highest BCUT2D eigenvalue weighted by Gasteiger charge is 2.52. The Morgan fingerprint density at radius 1 is 1.03 bits per heavy atom. The first-order chi connectivity index (χ1) is 16.4. The molecule has 0 unspecified atom stereocenters. The Labute approximate surface area is 199 Å². The van der Waals surface area contributed by atoms with E-state index in [0.29, 0.717) is 19.3 Å². The van der Waals surface area contributed by atoms with E-state index in [-0.39, 0.29) is 43.5 Å². The number of nitrogens with zero attached hydrogens (tertiary/aromatic N) is 1. The molecule has 2 aromatic carbocycles. The lowest BCUT2D eigenvalue weighted by atomic mass is 9.76. The van der Waals surface area contributed by atoms with Crippen LogP contribution in [-0.4, -0.2) is 53.7 Å². The maximum absolute atomic E-state index is 13.0. The molecule has 2 aliphatic carbocycles. The molecule has 34 heavy (non-hydrogen) atoms. The van der Waals surface area contributed by atoms with Gasteiger partial charge in [0.2, 0.25) is 5.91 Å². The van der Waals surface area contributed by atoms with E-state index in [0.717, 1.165) is 17.5 Å². The van der Waals surface area contributed by atoms with Crippen molar-refractivity contribution in [3.8, 4) is 11.1 Å². The summed E-state index contributed by atoms with van der Waals surface area (Å²) < 4.78 is 5.66. The fraction of sp³-hybridized carbons (Fsp3) is 0.444. The van der Waals surface area contributed by atoms with E-state index < -0.39 is 17.5 Å². The minimum absolute atomic E-state index is 0.0153. The fourth-order valence-electron chi connectivity index (χ4n) is 5.80. The molecule has 1 heterocycles. The normalized spacial score (nSPS) is 22.4. The first kappa shape index (κ1) is 22.4. The lowest BCUT2D eigenvalue weighted by Gasteiger charge is -2.48. The van der Waals surface area contributed by atoms with E-state index in [1.54, 1.807) is 4.90 Å². The molecule has 5 rings (SSSR count). The minimum atomic E-state index is -0.848. The zero-order valence-corrected chi connectivity index (χ0v) is 19.3. The third-order valence-electron chi connectivity index (χ3n) is 7.91. The van der Waals surface area contributed by atoms with Crippen molar-refractivity contribution in [1.82, 2.24) is 10.2 Å². The number of carboxylic acids is 1. The van der Waals surface area contributed by atoms with Crippen molar-refractivity contribution in [2.75, 3.05) is 19.7 Å². The standard InChI is InChI=1S/C27H30N2O5/c1-2-27(25(31)32)15-29(16-27)24(30)21-12-7-13-23(21)28-26(33)34-14-22-19-10-5-3-8-17(19)18-9-4-6-11-20(18)22/h3-6,8-11,21-23H,2,7,12-16H2,1H3,(H,28,33)(H,31,32)/t21-,23+/m0/s1. The highest BCUT2D eigenvalue weighted by Crippen LogP contribution is 2.44. The maximum atomic E-state index is 13.0. The van der Waals surface area contributed by atoms with Crippen LogP contribution in [0.15, 0.2) is 48.5 Å². The molecule has 0 spiro atoms. The molecular formula is C27H30N2O5. The quantitative estimate of drug-likeness (QED) is 0.676. The second kappa shape index (κ2) is 8.78. The summed E-state index contributed by atoms with van der Waals surface area (Å²) in [6.45, 7) is 2.56. The molecule has 2 atom stereocenters. The van der Waals surface area contributed by atoms with Crippen LogP contribution in [0.1, 0.15) is 49.7 Å². The summed E-state index contributed by atoms with van der Waals surface area (Å²) in [6.07, 6.45) is 2.24. The third kappa shape index (κ3) is 3.73. The van der Waals surface area contributed by atoms with Crippen molar-refractivity contribution >= 4 is 18.0 Å². The van der Waals surface area contributed by atoms with Crippen LogP contribution in [0.2, 0.25) is 0 Å². The molecule has 1 saturated heterocycles. The van der Waals surface area contributed by atoms with E-state index in [1.807, 2.05) is 31.2 Å². The van der Waals surface area contributed by atoms with E-state index in [1.165, 1.54) is 11.1 Å². The summed E-state index contributed by atoms with van der Waals surface area (Å²) in [4.78, 5) is 38.9. The van der Waals surface area contributed by atoms with Crippen molar-refractivity contribution in [3.63, 3.8) is 0 Å². The fourth-order valence-corrected chi connectivity index (χ4v) is 5.80. The van der Waals surface area contributed by atoms with Gasteiger partial charge in [-0.1, -0.05) is 61.9 Å². The van der Waals surface area contributed by atoms with Crippen molar-refractivity contribution < 1.29 is 24.2 Å². The topological polar surface area (TPSA) is 95.9 Å². The molecule has 2 aromatic rings. The highest BCUT2D eigenvalue weighted by atomic mass is 16.5. The van der Waals surface area contributed by atoms with Crippen LogP contribution in [0, 0.1) is 11.3 Å². The van der Waals surface area contributed by atoms with Crippen molar-refractivity contribution in [2.45, 2.75) is 44.6 Å². The molecule has 178 valence electrons. The Balaban J connectivity index is 1.19. The number of rotatable bonds is 6. The first-order valence-corrected chi connectivity index (χ1v) is 12.1. The number of likely N-dealkylation sites (tertiary alicyclic amines) is 1. The monoisotopic (exact) mass is 462 g/mol. The molecule has 2 amide bonds. The van der Waals surface area contributed by atoms with Crippen LogP contribution in [0.5, 0.6) is 0 Å². The zero-order valence-electron chi connectivity index (χ0n) is 19.3. The molecule has 0 radical (unpaired) electrons. The van der Waals surface area contributed by atoms with Gasteiger partial charge in [-0.05, 0) is 41.5 Å². The van der Waals surface area contributed by atoms with Crippen LogP contribution in [0.4, 0.5) is 4.79 Å². The largest absolute Gasteiger partial charge is 0.481 e. The molecule has 2 fully saturated rings. The average Bonchev–Trinajstić information content (AvgIpc) is 3.39. The number of carbonyl (C=O) groups is 3. The van der Waals surface area contributed by atoms with Crippen molar-refractivity contribution in [2.24, 2.45) is 11.3 Å². The van der Waals surface area contributed by atoms with Gasteiger partial charge in [0.15, 0.2) is 0 Å². The van der Waals surface area contributed by atoms with Gasteiger partial charge < -0.3 is 20.1 Å². The number of amides is 2. The van der Waals surface area contributed by atoms with Crippen LogP contribution in [-0.2, 0) is 14.3 Å². The third-order valence-corrected chi connectivity index (χ3v) is 7.91. The van der Waals surface area contributed by atoms with Gasteiger partial charge in [0.05, 0.1) is 5.92 Å². The number of alkyl carbamates (subject to hydrolysis) is 1. The highest BCUT2D eigenvalue weighted by molar-refractivity contribution is 5.86. The van der Waals surface area contributed by atoms with Gasteiger partial charge in [0.25, 0.3) is 0 Å². The minimum Gasteiger partial charge on any atom is -0.481 e. The number of hydrogen-bond donors (Lipinski definition) is 2. The average molecular weight is 463 g/mol. The number of nitrogens with one attached hydrogen (secondary N) is 1. The van der Waals surface area contributed by atoms with Gasteiger partial charge in [0, 0.05) is 25.0 Å². The van der Waals surface area contributed by atoms with Gasteiger partial charge in [-0.15, -0.1) is 0 Å². The lowest BCUT2D eigenvalue weighted by molar-refractivity contribution is -0.168. The Morgan fingerprint density at radius 3 is 2.24 bits per heavy atom. The molecule has 0 aromatic heterocycles. The SMILES string of the molecule is CCC1(C(=O)O)CN(C(=O)[C@H]2CCC[C@H]2NC(=O)OCC2c3ccccc3-c3ccccc32)C1. The lowest BCUT2D eigenvalue weighted by Crippen LogP contribution is -2.63. The molecule has 1 saturated carbocycles. The molecular weight excluding hydrogens is 432 g/mol. The number of benzene rings is 2. The Morgan fingerprint density at radius 2 is 1.65 bits per heavy atom. The van der Waals surface area contributed by atoms with E-state index in [4.69, 9.17) is 4.74 Å². The summed E-state index contributed by atoms with van der Waals surface area (Å²) in [5.74, 6) is -1.26. The number of aliphatic carboxylic acids is 1. The summed E-state index contributed by atoms with van der Waals surface area (Å²) >= 11 is 0. The summed E-state index contributed by atoms with van der Waals surface area (Å²) in [5.41, 5.74) is 3.83. The smallest absolute Gasteiger partial charge is 0.407 e. The second-order valence-corrected chi connectivity index (χ2v) is 9.75. The first-order valence-electron chi connectivity index (χ1n) is 12.1. The number of carboxylic acid groups (broad SMARTS) is 1. The Kier molecular flexibility index (Phi) is 5.80. The van der Waals surface area contributed by atoms with E-state index >= 15 is 0 Å². The van der Waals surface area contributed by atoms with Gasteiger partial charge in [0.1, 0.15) is 12.0 Å². The summed E-state index contributed by atoms with van der Waals surface area (Å²) in [5, 5.41) is 12.4. The van der Waals surface area contributed by atoms with Crippen LogP contribution >= 0.6 is 0 Å². The van der Waals surface area contributed by atoms with Crippen molar-refractivity contribution in [3.05, 3.63) is 59.7 Å². The Hall–Kier alpha value is -3.35. The van der Waals surface area contributed by atoms with E-state index in [2.05, 4.69) is 29.6 Å². The van der Waals surface area contributed by atoms with Crippen LogP contribution in [0.3, 0.4) is 0 Å². The molecule has 7 heteroatoms. The number of ether oxygens (including phenoxy) is 1. The predicted octanol–water partition coefficient (Wildman–Crippen LogP) is 4.02. The van der Waals surface area contributed by atoms with Gasteiger partial charge in [-0.2, -0.15) is 0 Å². The molecule has 7 nitrogen and oxygen atoms in total. The van der Waals surface area contributed by atoms with Gasteiger partial charge in [-0.3, -0.25) is 9.59 Å². The molecule has 0 bridgehead atoms. The van der Waals surface area contributed by atoms with Gasteiger partial charge >= 0.3 is 12.1 Å². The second-order valence-electron chi connectivity index (χ2n) is 9.75. The number of hydrogen-bond acceptors (Lipinski definition) is 4.